The van der Waals surface area contributed by atoms with Gasteiger partial charge in [-0.1, -0.05) is 170 Å². The normalized spacial score (nSPS) is 13.0. The average Bonchev–Trinajstić information content (AvgIpc) is 3.96. The number of para-hydroxylation sites is 2. The lowest BCUT2D eigenvalue weighted by Gasteiger charge is -2.30. The number of hydrogen-bond acceptors (Lipinski definition) is 3. The molecule has 62 heavy (non-hydrogen) atoms. The maximum atomic E-state index is 5.19. The Balaban J connectivity index is 0.934. The molecule has 0 amide bonds. The molecule has 0 saturated carbocycles. The van der Waals surface area contributed by atoms with Crippen LogP contribution in [0.2, 0.25) is 0 Å². The first-order chi connectivity index (χ1) is 30.7. The molecule has 4 heteroatoms. The SMILES string of the molecule is c1ccc(-c2nc(-c3ccc(-n4c5ccccc5c5ccccc54)cc3)nc(-c3cccc(-c4ccc5c(c4)C4(c6ccccc6-c6ccccc64)c4ccccc4-5)c3)n2)cc1. The van der Waals surface area contributed by atoms with Crippen LogP contribution in [0.15, 0.2) is 218 Å². The summed E-state index contributed by atoms with van der Waals surface area (Å²) in [5.41, 5.74) is 18.6. The minimum absolute atomic E-state index is 0.405. The Morgan fingerprint density at radius 3 is 1.31 bits per heavy atom. The molecule has 288 valence electrons. The van der Waals surface area contributed by atoms with Crippen molar-refractivity contribution in [1.29, 1.82) is 0 Å². The average molecular weight is 789 g/mol. The summed E-state index contributed by atoms with van der Waals surface area (Å²) < 4.78 is 2.33. The van der Waals surface area contributed by atoms with Crippen LogP contribution < -0.4 is 0 Å². The topological polar surface area (TPSA) is 43.6 Å². The molecule has 0 unspecified atom stereocenters. The summed E-state index contributed by atoms with van der Waals surface area (Å²) >= 11 is 0. The molecule has 13 rings (SSSR count). The monoisotopic (exact) mass is 788 g/mol. The molecule has 0 radical (unpaired) electrons. The molecule has 0 saturated heterocycles. The predicted molar refractivity (Wildman–Crippen MR) is 252 cm³/mol. The predicted octanol–water partition coefficient (Wildman–Crippen LogP) is 14.0. The third-order valence-electron chi connectivity index (χ3n) is 13.1. The van der Waals surface area contributed by atoms with Crippen molar-refractivity contribution in [1.82, 2.24) is 19.5 Å². The van der Waals surface area contributed by atoms with Crippen molar-refractivity contribution in [3.05, 3.63) is 241 Å². The molecule has 9 aromatic carbocycles. The van der Waals surface area contributed by atoms with Crippen molar-refractivity contribution in [2.24, 2.45) is 0 Å². The van der Waals surface area contributed by atoms with Crippen molar-refractivity contribution in [2.45, 2.75) is 5.41 Å². The molecule has 0 atom stereocenters. The summed E-state index contributed by atoms with van der Waals surface area (Å²) in [7, 11) is 0. The van der Waals surface area contributed by atoms with E-state index in [9.17, 15) is 0 Å². The van der Waals surface area contributed by atoms with Crippen LogP contribution in [0.4, 0.5) is 0 Å². The van der Waals surface area contributed by atoms with E-state index in [2.05, 4.69) is 205 Å². The van der Waals surface area contributed by atoms with E-state index >= 15 is 0 Å². The van der Waals surface area contributed by atoms with Crippen molar-refractivity contribution in [3.63, 3.8) is 0 Å². The fraction of sp³-hybridized carbons (Fsp3) is 0.0172. The van der Waals surface area contributed by atoms with Crippen LogP contribution in [-0.4, -0.2) is 19.5 Å². The van der Waals surface area contributed by atoms with Gasteiger partial charge in [-0.15, -0.1) is 0 Å². The third-order valence-corrected chi connectivity index (χ3v) is 13.1. The van der Waals surface area contributed by atoms with Gasteiger partial charge in [-0.3, -0.25) is 0 Å². The number of rotatable bonds is 5. The number of benzene rings is 9. The molecular formula is C58H36N4. The highest BCUT2D eigenvalue weighted by atomic mass is 15.0. The molecular weight excluding hydrogens is 753 g/mol. The molecule has 1 spiro atoms. The Labute approximate surface area is 359 Å². The van der Waals surface area contributed by atoms with Gasteiger partial charge in [0.2, 0.25) is 0 Å². The summed E-state index contributed by atoms with van der Waals surface area (Å²) in [6, 6.07) is 78.5. The van der Waals surface area contributed by atoms with E-state index in [4.69, 9.17) is 15.0 Å². The maximum Gasteiger partial charge on any atom is 0.164 e. The minimum atomic E-state index is -0.405. The minimum Gasteiger partial charge on any atom is -0.309 e. The quantitative estimate of drug-likeness (QED) is 0.174. The number of fused-ring (bicyclic) bond motifs is 13. The highest BCUT2D eigenvalue weighted by Crippen LogP contribution is 2.63. The number of aromatic nitrogens is 4. The first-order valence-electron chi connectivity index (χ1n) is 21.2. The Kier molecular flexibility index (Phi) is 7.49. The molecule has 0 bridgehead atoms. The first kappa shape index (κ1) is 34.6. The molecule has 2 aliphatic carbocycles. The van der Waals surface area contributed by atoms with Gasteiger partial charge >= 0.3 is 0 Å². The zero-order valence-corrected chi connectivity index (χ0v) is 33.6. The maximum absolute atomic E-state index is 5.19. The third kappa shape index (κ3) is 4.98. The van der Waals surface area contributed by atoms with Crippen LogP contribution in [0.3, 0.4) is 0 Å². The van der Waals surface area contributed by atoms with Gasteiger partial charge in [-0.05, 0) is 104 Å². The molecule has 0 aliphatic heterocycles. The fourth-order valence-electron chi connectivity index (χ4n) is 10.4. The van der Waals surface area contributed by atoms with Crippen LogP contribution in [-0.2, 0) is 5.41 Å². The molecule has 2 aromatic heterocycles. The van der Waals surface area contributed by atoms with Gasteiger partial charge in [0.25, 0.3) is 0 Å². The second-order valence-corrected chi connectivity index (χ2v) is 16.3. The van der Waals surface area contributed by atoms with Crippen molar-refractivity contribution in [3.8, 4) is 73.2 Å². The van der Waals surface area contributed by atoms with E-state index in [1.807, 2.05) is 18.2 Å². The van der Waals surface area contributed by atoms with Gasteiger partial charge in [-0.25, -0.2) is 15.0 Å². The number of hydrogen-bond donors (Lipinski definition) is 0. The Morgan fingerprint density at radius 2 is 0.710 bits per heavy atom. The van der Waals surface area contributed by atoms with Crippen molar-refractivity contribution in [2.75, 3.05) is 0 Å². The summed E-state index contributed by atoms with van der Waals surface area (Å²) in [6.07, 6.45) is 0. The van der Waals surface area contributed by atoms with Crippen LogP contribution in [0.1, 0.15) is 22.3 Å². The van der Waals surface area contributed by atoms with Crippen LogP contribution in [0.5, 0.6) is 0 Å². The first-order valence-corrected chi connectivity index (χ1v) is 21.2. The number of nitrogens with zero attached hydrogens (tertiary/aromatic N) is 4. The highest BCUT2D eigenvalue weighted by Gasteiger charge is 2.51. The molecule has 2 heterocycles. The van der Waals surface area contributed by atoms with E-state index < -0.39 is 5.41 Å². The largest absolute Gasteiger partial charge is 0.309 e. The van der Waals surface area contributed by atoms with Gasteiger partial charge in [-0.2, -0.15) is 0 Å². The standard InChI is InChI=1S/C58H36N4/c1-2-15-37(16-3-1)55-59-56(38-29-32-42(33-30-38)62-53-27-12-7-22-47(53)48-23-8-13-28-54(48)62)61-57(60-55)41-18-14-17-39(35-41)40-31-34-46-45-21-6-11-26-51(45)58(52(46)36-40)49-24-9-4-19-43(49)44-20-5-10-25-50(44)58/h1-36H. The van der Waals surface area contributed by atoms with E-state index in [0.29, 0.717) is 17.5 Å². The van der Waals surface area contributed by atoms with Gasteiger partial charge in [0, 0.05) is 33.2 Å². The Morgan fingerprint density at radius 1 is 0.290 bits per heavy atom. The van der Waals surface area contributed by atoms with Crippen molar-refractivity contribution >= 4 is 21.8 Å². The molecule has 2 aliphatic rings. The lowest BCUT2D eigenvalue weighted by atomic mass is 9.70. The lowest BCUT2D eigenvalue weighted by molar-refractivity contribution is 0.794. The highest BCUT2D eigenvalue weighted by molar-refractivity contribution is 6.09. The summed E-state index contributed by atoms with van der Waals surface area (Å²) in [5, 5.41) is 2.48. The van der Waals surface area contributed by atoms with E-state index in [1.165, 1.54) is 66.3 Å². The van der Waals surface area contributed by atoms with E-state index in [-0.39, 0.29) is 0 Å². The van der Waals surface area contributed by atoms with Gasteiger partial charge in [0.05, 0.1) is 16.4 Å². The second kappa shape index (κ2) is 13.4. The van der Waals surface area contributed by atoms with Crippen LogP contribution in [0, 0.1) is 0 Å². The Hall–Kier alpha value is -8.21. The molecule has 0 fully saturated rings. The van der Waals surface area contributed by atoms with E-state index in [1.54, 1.807) is 0 Å². The summed E-state index contributed by atoms with van der Waals surface area (Å²) in [4.78, 5) is 15.4. The van der Waals surface area contributed by atoms with E-state index in [0.717, 1.165) is 33.5 Å². The molecule has 11 aromatic rings. The zero-order valence-electron chi connectivity index (χ0n) is 33.6. The van der Waals surface area contributed by atoms with Gasteiger partial charge in [0.1, 0.15) is 0 Å². The van der Waals surface area contributed by atoms with Gasteiger partial charge in [0.15, 0.2) is 17.5 Å². The zero-order chi connectivity index (χ0) is 40.8. The van der Waals surface area contributed by atoms with Crippen LogP contribution in [0.25, 0.3) is 95.0 Å². The second-order valence-electron chi connectivity index (χ2n) is 16.3. The Bertz CT molecular complexity index is 3470. The summed E-state index contributed by atoms with van der Waals surface area (Å²) in [6.45, 7) is 0. The van der Waals surface area contributed by atoms with Crippen LogP contribution >= 0.6 is 0 Å². The summed E-state index contributed by atoms with van der Waals surface area (Å²) in [5.74, 6) is 1.90. The smallest absolute Gasteiger partial charge is 0.164 e. The van der Waals surface area contributed by atoms with Crippen molar-refractivity contribution < 1.29 is 0 Å². The van der Waals surface area contributed by atoms with Gasteiger partial charge < -0.3 is 4.57 Å². The fourth-order valence-corrected chi connectivity index (χ4v) is 10.4. The molecule has 4 nitrogen and oxygen atoms in total. The lowest BCUT2D eigenvalue weighted by Crippen LogP contribution is -2.25. The molecule has 0 N–H and O–H groups in total.